The molecule has 0 fully saturated rings. The Bertz CT molecular complexity index is 1150. The first-order valence-corrected chi connectivity index (χ1v) is 12.5. The molecule has 0 aliphatic heterocycles. The van der Waals surface area contributed by atoms with Gasteiger partial charge in [0.2, 0.25) is 0 Å². The number of ether oxygens (including phenoxy) is 2. The zero-order valence-corrected chi connectivity index (χ0v) is 21.8. The summed E-state index contributed by atoms with van der Waals surface area (Å²) in [6.45, 7) is 15.4. The van der Waals surface area contributed by atoms with Crippen LogP contribution in [-0.4, -0.2) is 49.0 Å². The summed E-state index contributed by atoms with van der Waals surface area (Å²) >= 11 is 0. The van der Waals surface area contributed by atoms with Crippen LogP contribution in [0.2, 0.25) is 0 Å². The lowest BCUT2D eigenvalue weighted by Crippen LogP contribution is -2.28. The predicted molar refractivity (Wildman–Crippen MR) is 138 cm³/mol. The molecule has 6 heteroatoms. The Balaban J connectivity index is 1.90. The average molecular weight is 480 g/mol. The van der Waals surface area contributed by atoms with Crippen LogP contribution in [0, 0.1) is 13.8 Å². The monoisotopic (exact) mass is 479 g/mol. The van der Waals surface area contributed by atoms with Gasteiger partial charge in [0.15, 0.2) is 5.78 Å². The molecule has 3 rings (SSSR count). The van der Waals surface area contributed by atoms with Crippen LogP contribution < -0.4 is 4.74 Å². The molecule has 3 aromatic rings. The minimum absolute atomic E-state index is 0.0926. The molecule has 0 bridgehead atoms. The normalized spacial score (nSPS) is 12.2. The second kappa shape index (κ2) is 12.0. The zero-order chi connectivity index (χ0) is 25.5. The van der Waals surface area contributed by atoms with E-state index in [2.05, 4.69) is 18.7 Å². The van der Waals surface area contributed by atoms with Crippen LogP contribution in [0.4, 0.5) is 0 Å². The van der Waals surface area contributed by atoms with E-state index in [1.807, 2.05) is 58.0 Å². The standard InChI is InChI=1S/C29H37NO5/c1-7-21(6)34-26(31)18-25-27(23-12-10-11-13-24(23)35-25)28(32)22-16-19(4)29(20(5)17-22)33-15-14-30(8-2)9-3/h10-13,16-17,21H,7-9,14-15,18H2,1-6H3/t21-/m0/s1. The number of aryl methyl sites for hydroxylation is 2. The second-order valence-electron chi connectivity index (χ2n) is 8.93. The Morgan fingerprint density at radius 1 is 1.03 bits per heavy atom. The fraction of sp³-hybridized carbons (Fsp3) is 0.448. The summed E-state index contributed by atoms with van der Waals surface area (Å²) < 4.78 is 17.5. The maximum absolute atomic E-state index is 13.7. The quantitative estimate of drug-likeness (QED) is 0.238. The van der Waals surface area contributed by atoms with Gasteiger partial charge in [-0.3, -0.25) is 9.59 Å². The molecule has 1 atom stereocenters. The van der Waals surface area contributed by atoms with E-state index < -0.39 is 5.97 Å². The van der Waals surface area contributed by atoms with Gasteiger partial charge in [-0.2, -0.15) is 0 Å². The maximum atomic E-state index is 13.7. The van der Waals surface area contributed by atoms with Crippen LogP contribution in [-0.2, 0) is 16.0 Å². The van der Waals surface area contributed by atoms with Crippen molar-refractivity contribution in [1.29, 1.82) is 0 Å². The van der Waals surface area contributed by atoms with Gasteiger partial charge in [-0.25, -0.2) is 0 Å². The van der Waals surface area contributed by atoms with Gasteiger partial charge in [0, 0.05) is 17.5 Å². The lowest BCUT2D eigenvalue weighted by molar-refractivity contribution is -0.147. The van der Waals surface area contributed by atoms with Crippen molar-refractivity contribution in [1.82, 2.24) is 4.90 Å². The van der Waals surface area contributed by atoms with Gasteiger partial charge >= 0.3 is 5.97 Å². The highest BCUT2D eigenvalue weighted by Crippen LogP contribution is 2.31. The summed E-state index contributed by atoms with van der Waals surface area (Å²) in [6, 6.07) is 11.1. The summed E-state index contributed by atoms with van der Waals surface area (Å²) in [7, 11) is 0. The van der Waals surface area contributed by atoms with Crippen molar-refractivity contribution in [3.05, 3.63) is 64.4 Å². The topological polar surface area (TPSA) is 69.0 Å². The average Bonchev–Trinajstić information content (AvgIpc) is 3.19. The van der Waals surface area contributed by atoms with Gasteiger partial charge in [0.25, 0.3) is 0 Å². The molecule has 1 aromatic heterocycles. The largest absolute Gasteiger partial charge is 0.492 e. The number of rotatable bonds is 12. The van der Waals surface area contributed by atoms with E-state index >= 15 is 0 Å². The van der Waals surface area contributed by atoms with Crippen LogP contribution in [0.5, 0.6) is 5.75 Å². The smallest absolute Gasteiger partial charge is 0.313 e. The van der Waals surface area contributed by atoms with Crippen molar-refractivity contribution in [2.45, 2.75) is 60.5 Å². The van der Waals surface area contributed by atoms with Crippen LogP contribution in [0.1, 0.15) is 66.9 Å². The first kappa shape index (κ1) is 26.5. The molecule has 1 heterocycles. The Morgan fingerprint density at radius 2 is 1.69 bits per heavy atom. The van der Waals surface area contributed by atoms with E-state index in [0.717, 1.165) is 42.9 Å². The first-order chi connectivity index (χ1) is 16.8. The number of nitrogens with zero attached hydrogens (tertiary/aromatic N) is 1. The molecular formula is C29H37NO5. The minimum Gasteiger partial charge on any atom is -0.492 e. The number of para-hydroxylation sites is 1. The maximum Gasteiger partial charge on any atom is 0.313 e. The van der Waals surface area contributed by atoms with E-state index in [4.69, 9.17) is 13.9 Å². The molecule has 0 unspecified atom stereocenters. The van der Waals surface area contributed by atoms with Crippen molar-refractivity contribution in [2.75, 3.05) is 26.2 Å². The third-order valence-corrected chi connectivity index (χ3v) is 6.38. The lowest BCUT2D eigenvalue weighted by atomic mass is 9.96. The predicted octanol–water partition coefficient (Wildman–Crippen LogP) is 5.89. The fourth-order valence-corrected chi connectivity index (χ4v) is 4.22. The van der Waals surface area contributed by atoms with Crippen LogP contribution >= 0.6 is 0 Å². The number of ketones is 1. The SMILES string of the molecule is CC[C@H](C)OC(=O)Cc1oc2ccccc2c1C(=O)c1cc(C)c(OCCN(CC)CC)c(C)c1. The van der Waals surface area contributed by atoms with Crippen LogP contribution in [0.25, 0.3) is 11.0 Å². The number of furan rings is 1. The van der Waals surface area contributed by atoms with Crippen LogP contribution in [0.15, 0.2) is 40.8 Å². The number of carbonyl (C=O) groups excluding carboxylic acids is 2. The van der Waals surface area contributed by atoms with Crippen molar-refractivity contribution in [2.24, 2.45) is 0 Å². The van der Waals surface area contributed by atoms with Crippen molar-refractivity contribution < 1.29 is 23.5 Å². The number of fused-ring (bicyclic) bond motifs is 1. The molecular weight excluding hydrogens is 442 g/mol. The highest BCUT2D eigenvalue weighted by atomic mass is 16.5. The number of esters is 1. The Morgan fingerprint density at radius 3 is 2.31 bits per heavy atom. The van der Waals surface area contributed by atoms with Crippen molar-refractivity contribution >= 4 is 22.7 Å². The summed E-state index contributed by atoms with van der Waals surface area (Å²) in [5.41, 5.74) is 3.33. The number of hydrogen-bond acceptors (Lipinski definition) is 6. The number of likely N-dealkylation sites (N-methyl/N-ethyl adjacent to an activating group) is 1. The van der Waals surface area contributed by atoms with Gasteiger partial charge in [0.05, 0.1) is 11.7 Å². The zero-order valence-electron chi connectivity index (χ0n) is 21.8. The third-order valence-electron chi connectivity index (χ3n) is 6.38. The number of hydrogen-bond donors (Lipinski definition) is 0. The van der Waals surface area contributed by atoms with E-state index in [1.54, 1.807) is 6.07 Å². The van der Waals surface area contributed by atoms with E-state index in [-0.39, 0.29) is 18.3 Å². The van der Waals surface area contributed by atoms with Gasteiger partial charge in [0.1, 0.15) is 30.1 Å². The first-order valence-electron chi connectivity index (χ1n) is 12.5. The second-order valence-corrected chi connectivity index (χ2v) is 8.93. The number of carbonyl (C=O) groups is 2. The van der Waals surface area contributed by atoms with E-state index in [1.165, 1.54) is 0 Å². The molecule has 35 heavy (non-hydrogen) atoms. The fourth-order valence-electron chi connectivity index (χ4n) is 4.22. The highest BCUT2D eigenvalue weighted by Gasteiger charge is 2.25. The lowest BCUT2D eigenvalue weighted by Gasteiger charge is -2.19. The van der Waals surface area contributed by atoms with Gasteiger partial charge in [-0.05, 0) is 69.6 Å². The van der Waals surface area contributed by atoms with Gasteiger partial charge in [-0.1, -0.05) is 39.0 Å². The number of benzene rings is 2. The molecule has 0 spiro atoms. The molecule has 0 saturated carbocycles. The molecule has 0 aliphatic carbocycles. The summed E-state index contributed by atoms with van der Waals surface area (Å²) in [5.74, 6) is 0.557. The van der Waals surface area contributed by atoms with Gasteiger partial charge < -0.3 is 18.8 Å². The highest BCUT2D eigenvalue weighted by molar-refractivity contribution is 6.17. The molecule has 0 saturated heterocycles. The van der Waals surface area contributed by atoms with Crippen molar-refractivity contribution in [3.63, 3.8) is 0 Å². The Hall–Kier alpha value is -3.12. The summed E-state index contributed by atoms with van der Waals surface area (Å²) in [5, 5.41) is 0.693. The summed E-state index contributed by atoms with van der Waals surface area (Å²) in [6.07, 6.45) is 0.440. The molecule has 2 aromatic carbocycles. The van der Waals surface area contributed by atoms with Crippen molar-refractivity contribution in [3.8, 4) is 5.75 Å². The molecule has 188 valence electrons. The van der Waals surface area contributed by atoms with Gasteiger partial charge in [-0.15, -0.1) is 0 Å². The minimum atomic E-state index is -0.406. The summed E-state index contributed by atoms with van der Waals surface area (Å²) in [4.78, 5) is 28.5. The molecule has 6 nitrogen and oxygen atoms in total. The Labute approximate surface area is 208 Å². The molecule has 0 aliphatic rings. The molecule has 0 radical (unpaired) electrons. The van der Waals surface area contributed by atoms with Crippen LogP contribution in [0.3, 0.4) is 0 Å². The Kier molecular flexibility index (Phi) is 9.10. The third kappa shape index (κ3) is 6.31. The van der Waals surface area contributed by atoms with E-state index in [0.29, 0.717) is 34.5 Å². The molecule has 0 amide bonds. The van der Waals surface area contributed by atoms with E-state index in [9.17, 15) is 9.59 Å². The molecule has 0 N–H and O–H groups in total.